The van der Waals surface area contributed by atoms with E-state index in [9.17, 15) is 4.79 Å². The molecule has 0 heterocycles. The van der Waals surface area contributed by atoms with Gasteiger partial charge in [-0.15, -0.1) is 0 Å². The Morgan fingerprint density at radius 3 is 2.38 bits per heavy atom. The van der Waals surface area contributed by atoms with Gasteiger partial charge in [-0.25, -0.2) is 0 Å². The predicted molar refractivity (Wildman–Crippen MR) is 92.5 cm³/mol. The zero-order valence-electron chi connectivity index (χ0n) is 11.3. The first kappa shape index (κ1) is 16.5. The first-order valence-corrected chi connectivity index (χ1v) is 8.41. The monoisotopic (exact) mass is 430 g/mol. The van der Waals surface area contributed by atoms with Crippen molar-refractivity contribution in [1.29, 1.82) is 0 Å². The first-order valence-electron chi connectivity index (χ1n) is 6.45. The average Bonchev–Trinajstić information content (AvgIpc) is 2.48. The molecule has 0 N–H and O–H groups in total. The third-order valence-electron chi connectivity index (χ3n) is 2.84. The molecular weight excluding hydrogens is 419 g/mol. The lowest BCUT2D eigenvalue weighted by molar-refractivity contribution is 0.103. The van der Waals surface area contributed by atoms with Crippen molar-refractivity contribution in [2.24, 2.45) is 0 Å². The van der Waals surface area contributed by atoms with E-state index in [1.165, 1.54) is 0 Å². The highest BCUT2D eigenvalue weighted by Gasteiger charge is 2.13. The molecule has 0 amide bonds. The van der Waals surface area contributed by atoms with Crippen LogP contribution < -0.4 is 4.74 Å². The van der Waals surface area contributed by atoms with Gasteiger partial charge >= 0.3 is 0 Å². The molecule has 0 spiro atoms. The Kier molecular flexibility index (Phi) is 5.85. The minimum absolute atomic E-state index is 0.0767. The highest BCUT2D eigenvalue weighted by atomic mass is 79.9. The summed E-state index contributed by atoms with van der Waals surface area (Å²) in [6.45, 7) is 2.69. The van der Waals surface area contributed by atoms with Crippen LogP contribution in [0.1, 0.15) is 29.3 Å². The standard InChI is InChI=1S/C16H13Br2ClO2/c1-2-7-21-15-6-4-10(8-13(15)18)16(20)11-3-5-12(17)14(19)9-11/h3-6,8-9H,2,7H2,1H3. The summed E-state index contributed by atoms with van der Waals surface area (Å²) in [5, 5.41) is 0.516. The second kappa shape index (κ2) is 7.43. The van der Waals surface area contributed by atoms with E-state index in [0.29, 0.717) is 22.8 Å². The molecule has 0 saturated carbocycles. The van der Waals surface area contributed by atoms with Gasteiger partial charge in [0.2, 0.25) is 0 Å². The van der Waals surface area contributed by atoms with Gasteiger partial charge in [-0.1, -0.05) is 18.5 Å². The largest absolute Gasteiger partial charge is 0.492 e. The van der Waals surface area contributed by atoms with Gasteiger partial charge < -0.3 is 4.74 Å². The Labute approximate surface area is 145 Å². The highest BCUT2D eigenvalue weighted by Crippen LogP contribution is 2.28. The van der Waals surface area contributed by atoms with Crippen molar-refractivity contribution in [3.8, 4) is 5.75 Å². The molecule has 0 bridgehead atoms. The van der Waals surface area contributed by atoms with E-state index in [2.05, 4.69) is 31.9 Å². The number of benzene rings is 2. The average molecular weight is 433 g/mol. The molecule has 2 aromatic rings. The molecule has 2 rings (SSSR count). The molecule has 21 heavy (non-hydrogen) atoms. The molecule has 0 unspecified atom stereocenters. The molecule has 0 atom stereocenters. The number of carbonyl (C=O) groups is 1. The third kappa shape index (κ3) is 4.09. The number of hydrogen-bond acceptors (Lipinski definition) is 2. The van der Waals surface area contributed by atoms with Crippen molar-refractivity contribution >= 4 is 49.2 Å². The zero-order valence-corrected chi connectivity index (χ0v) is 15.3. The van der Waals surface area contributed by atoms with Crippen molar-refractivity contribution in [2.45, 2.75) is 13.3 Å². The van der Waals surface area contributed by atoms with E-state index >= 15 is 0 Å². The van der Waals surface area contributed by atoms with Crippen molar-refractivity contribution < 1.29 is 9.53 Å². The van der Waals surface area contributed by atoms with Crippen LogP contribution in [0.3, 0.4) is 0 Å². The lowest BCUT2D eigenvalue weighted by atomic mass is 10.0. The van der Waals surface area contributed by atoms with Gasteiger partial charge in [0.15, 0.2) is 5.78 Å². The minimum Gasteiger partial charge on any atom is -0.492 e. The van der Waals surface area contributed by atoms with Crippen LogP contribution in [0.15, 0.2) is 45.3 Å². The summed E-state index contributed by atoms with van der Waals surface area (Å²) in [6, 6.07) is 10.5. The second-order valence-electron chi connectivity index (χ2n) is 4.45. The van der Waals surface area contributed by atoms with E-state index in [1.54, 1.807) is 36.4 Å². The number of hydrogen-bond donors (Lipinski definition) is 0. The van der Waals surface area contributed by atoms with Crippen molar-refractivity contribution in [1.82, 2.24) is 0 Å². The highest BCUT2D eigenvalue weighted by molar-refractivity contribution is 9.10. The molecule has 2 nitrogen and oxygen atoms in total. The Bertz CT molecular complexity index is 671. The lowest BCUT2D eigenvalue weighted by Gasteiger charge is -2.09. The molecule has 0 radical (unpaired) electrons. The fourth-order valence-corrected chi connectivity index (χ4v) is 2.70. The van der Waals surface area contributed by atoms with Gasteiger partial charge in [0.25, 0.3) is 0 Å². The van der Waals surface area contributed by atoms with Crippen LogP contribution in [0.4, 0.5) is 0 Å². The van der Waals surface area contributed by atoms with Crippen LogP contribution in [0.2, 0.25) is 5.02 Å². The molecule has 0 fully saturated rings. The number of carbonyl (C=O) groups excluding carboxylic acids is 1. The fraction of sp³-hybridized carbons (Fsp3) is 0.188. The van der Waals surface area contributed by atoms with Gasteiger partial charge in [0.05, 0.1) is 16.1 Å². The summed E-state index contributed by atoms with van der Waals surface area (Å²) < 4.78 is 7.11. The quantitative estimate of drug-likeness (QED) is 0.551. The van der Waals surface area contributed by atoms with E-state index in [1.807, 2.05) is 6.92 Å². The molecule has 0 aliphatic carbocycles. The molecular formula is C16H13Br2ClO2. The maximum atomic E-state index is 12.5. The van der Waals surface area contributed by atoms with Crippen molar-refractivity contribution in [2.75, 3.05) is 6.61 Å². The SMILES string of the molecule is CCCOc1ccc(C(=O)c2ccc(Br)c(Cl)c2)cc1Br. The van der Waals surface area contributed by atoms with Crippen LogP contribution in [-0.2, 0) is 0 Å². The molecule has 5 heteroatoms. The Balaban J connectivity index is 2.27. The molecule has 2 aromatic carbocycles. The summed E-state index contributed by atoms with van der Waals surface area (Å²) in [6.07, 6.45) is 0.935. The number of ketones is 1. The van der Waals surface area contributed by atoms with Crippen LogP contribution in [0.5, 0.6) is 5.75 Å². The topological polar surface area (TPSA) is 26.3 Å². The third-order valence-corrected chi connectivity index (χ3v) is 4.69. The minimum atomic E-state index is -0.0767. The summed E-state index contributed by atoms with van der Waals surface area (Å²) >= 11 is 12.8. The van der Waals surface area contributed by atoms with Crippen LogP contribution >= 0.6 is 43.5 Å². The maximum absolute atomic E-state index is 12.5. The molecule has 110 valence electrons. The molecule has 0 saturated heterocycles. The van der Waals surface area contributed by atoms with Gasteiger partial charge in [0.1, 0.15) is 5.75 Å². The van der Waals surface area contributed by atoms with Crippen LogP contribution in [0.25, 0.3) is 0 Å². The van der Waals surface area contributed by atoms with E-state index in [-0.39, 0.29) is 5.78 Å². The Hall–Kier alpha value is -0.840. The zero-order chi connectivity index (χ0) is 15.4. The van der Waals surface area contributed by atoms with Crippen molar-refractivity contribution in [3.63, 3.8) is 0 Å². The van der Waals surface area contributed by atoms with Gasteiger partial charge in [-0.2, -0.15) is 0 Å². The van der Waals surface area contributed by atoms with Crippen LogP contribution in [0, 0.1) is 0 Å². The van der Waals surface area contributed by atoms with Crippen molar-refractivity contribution in [3.05, 3.63) is 61.5 Å². The Morgan fingerprint density at radius 1 is 1.10 bits per heavy atom. The smallest absolute Gasteiger partial charge is 0.193 e. The maximum Gasteiger partial charge on any atom is 0.193 e. The van der Waals surface area contributed by atoms with E-state index < -0.39 is 0 Å². The summed E-state index contributed by atoms with van der Waals surface area (Å²) in [7, 11) is 0. The summed E-state index contributed by atoms with van der Waals surface area (Å²) in [5.41, 5.74) is 1.14. The number of halogens is 3. The van der Waals surface area contributed by atoms with Gasteiger partial charge in [-0.3, -0.25) is 4.79 Å². The summed E-state index contributed by atoms with van der Waals surface area (Å²) in [4.78, 5) is 12.5. The molecule has 0 aliphatic rings. The normalized spacial score (nSPS) is 10.5. The molecule has 0 aliphatic heterocycles. The van der Waals surface area contributed by atoms with E-state index in [0.717, 1.165) is 21.1 Å². The van der Waals surface area contributed by atoms with Gasteiger partial charge in [-0.05, 0) is 74.7 Å². The molecule has 0 aromatic heterocycles. The number of ether oxygens (including phenoxy) is 1. The first-order chi connectivity index (χ1) is 10.0. The second-order valence-corrected chi connectivity index (χ2v) is 6.57. The predicted octanol–water partition coefficient (Wildman–Crippen LogP) is 5.88. The summed E-state index contributed by atoms with van der Waals surface area (Å²) in [5.74, 6) is 0.661. The van der Waals surface area contributed by atoms with Gasteiger partial charge in [0, 0.05) is 15.6 Å². The Morgan fingerprint density at radius 2 is 1.76 bits per heavy atom. The fourth-order valence-electron chi connectivity index (χ4n) is 1.78. The number of rotatable bonds is 5. The lowest BCUT2D eigenvalue weighted by Crippen LogP contribution is -2.02. The van der Waals surface area contributed by atoms with E-state index in [4.69, 9.17) is 16.3 Å². The van der Waals surface area contributed by atoms with Crippen LogP contribution in [-0.4, -0.2) is 12.4 Å².